The minimum absolute atomic E-state index is 0.0166. The third-order valence-corrected chi connectivity index (χ3v) is 10.3. The van der Waals surface area contributed by atoms with Crippen molar-refractivity contribution in [3.8, 4) is 11.5 Å². The first-order valence-electron chi connectivity index (χ1n) is 16.9. The molecule has 4 heterocycles. The van der Waals surface area contributed by atoms with E-state index in [-0.39, 0.29) is 11.5 Å². The number of anilines is 1. The summed E-state index contributed by atoms with van der Waals surface area (Å²) < 4.78 is 13.4. The molecule has 242 valence electrons. The Morgan fingerprint density at radius 3 is 2.46 bits per heavy atom. The molecule has 0 bridgehead atoms. The van der Waals surface area contributed by atoms with Gasteiger partial charge in [-0.15, -0.1) is 0 Å². The van der Waals surface area contributed by atoms with Crippen molar-refractivity contribution in [3.05, 3.63) is 71.7 Å². The highest BCUT2D eigenvalue weighted by Gasteiger charge is 2.45. The number of likely N-dealkylation sites (N-methyl/N-ethyl adjacent to an activating group) is 1. The Balaban J connectivity index is 0.985. The molecule has 1 saturated heterocycles. The zero-order chi connectivity index (χ0) is 31.7. The summed E-state index contributed by atoms with van der Waals surface area (Å²) >= 11 is 0. The van der Waals surface area contributed by atoms with Crippen molar-refractivity contribution < 1.29 is 14.3 Å². The lowest BCUT2D eigenvalue weighted by Crippen LogP contribution is -2.54. The predicted octanol–water partition coefficient (Wildman–Crippen LogP) is 4.89. The number of hydrogen-bond donors (Lipinski definition) is 0. The molecule has 1 amide bonds. The van der Waals surface area contributed by atoms with Gasteiger partial charge in [0, 0.05) is 44.2 Å². The van der Waals surface area contributed by atoms with Gasteiger partial charge in [0.15, 0.2) is 5.65 Å². The van der Waals surface area contributed by atoms with Gasteiger partial charge in [-0.1, -0.05) is 18.2 Å². The second-order valence-electron chi connectivity index (χ2n) is 12.9. The van der Waals surface area contributed by atoms with Crippen molar-refractivity contribution in [3.63, 3.8) is 0 Å². The molecule has 2 aliphatic heterocycles. The van der Waals surface area contributed by atoms with Crippen LogP contribution in [0.25, 0.3) is 11.0 Å². The van der Waals surface area contributed by atoms with Crippen molar-refractivity contribution in [2.24, 2.45) is 5.92 Å². The summed E-state index contributed by atoms with van der Waals surface area (Å²) in [6.45, 7) is 9.86. The van der Waals surface area contributed by atoms with E-state index in [1.807, 2.05) is 42.9 Å². The van der Waals surface area contributed by atoms with Crippen molar-refractivity contribution in [1.29, 1.82) is 0 Å². The van der Waals surface area contributed by atoms with Gasteiger partial charge in [0.2, 0.25) is 5.91 Å². The Bertz CT molecular complexity index is 1690. The van der Waals surface area contributed by atoms with Crippen LogP contribution in [0.3, 0.4) is 0 Å². The fraction of sp³-hybridized carbons (Fsp3) is 0.500. The Morgan fingerprint density at radius 2 is 1.70 bits per heavy atom. The number of hydrogen-bond acceptors (Lipinski definition) is 8. The van der Waals surface area contributed by atoms with E-state index < -0.39 is 0 Å². The molecule has 0 unspecified atom stereocenters. The van der Waals surface area contributed by atoms with Crippen LogP contribution in [0.4, 0.5) is 5.82 Å². The molecule has 2 fully saturated rings. The van der Waals surface area contributed by atoms with Crippen molar-refractivity contribution in [2.45, 2.75) is 58.0 Å². The number of nitrogens with zero attached hydrogens (tertiary/aromatic N) is 7. The van der Waals surface area contributed by atoms with E-state index in [0.29, 0.717) is 38.8 Å². The van der Waals surface area contributed by atoms with E-state index in [2.05, 4.69) is 61.1 Å². The lowest BCUT2D eigenvalue weighted by molar-refractivity contribution is -0.138. The van der Waals surface area contributed by atoms with E-state index in [0.717, 1.165) is 85.7 Å². The van der Waals surface area contributed by atoms with Gasteiger partial charge in [0.05, 0.1) is 31.3 Å². The van der Waals surface area contributed by atoms with Crippen molar-refractivity contribution in [2.75, 3.05) is 57.9 Å². The lowest BCUT2D eigenvalue weighted by atomic mass is 9.68. The summed E-state index contributed by atoms with van der Waals surface area (Å²) in [4.78, 5) is 29.9. The maximum atomic E-state index is 13.8. The Kier molecular flexibility index (Phi) is 8.55. The van der Waals surface area contributed by atoms with Crippen LogP contribution in [0.15, 0.2) is 55.0 Å². The molecule has 10 nitrogen and oxygen atoms in total. The van der Waals surface area contributed by atoms with E-state index >= 15 is 0 Å². The van der Waals surface area contributed by atoms with Crippen LogP contribution in [0.5, 0.6) is 11.5 Å². The van der Waals surface area contributed by atoms with Gasteiger partial charge in [0.1, 0.15) is 23.6 Å². The molecule has 1 spiro atoms. The number of carbonyl (C=O) groups is 1. The molecule has 4 aromatic rings. The summed E-state index contributed by atoms with van der Waals surface area (Å²) in [5.41, 5.74) is 4.77. The van der Waals surface area contributed by atoms with E-state index in [4.69, 9.17) is 9.47 Å². The fourth-order valence-corrected chi connectivity index (χ4v) is 7.91. The molecule has 0 N–H and O–H groups in total. The molecule has 2 aromatic heterocycles. The van der Waals surface area contributed by atoms with E-state index in [1.54, 1.807) is 6.33 Å². The maximum absolute atomic E-state index is 13.8. The zero-order valence-corrected chi connectivity index (χ0v) is 27.3. The van der Waals surface area contributed by atoms with Gasteiger partial charge in [-0.2, -0.15) is 5.10 Å². The van der Waals surface area contributed by atoms with Gasteiger partial charge in [0.25, 0.3) is 0 Å². The first kappa shape index (κ1) is 30.5. The predicted molar refractivity (Wildman–Crippen MR) is 178 cm³/mol. The number of rotatable bonds is 8. The first-order chi connectivity index (χ1) is 22.5. The van der Waals surface area contributed by atoms with E-state index in [9.17, 15) is 4.79 Å². The largest absolute Gasteiger partial charge is 0.494 e. The maximum Gasteiger partial charge on any atom is 0.225 e. The SMILES string of the molecule is CCOc1cccc(Cn2ncc3c(N4CCN(C(=O)[C@H]5CC[C@@]6(CC5)c5ccc(OCC)cc5CCN6C)CC4)ncnc32)c1. The monoisotopic (exact) mass is 623 g/mol. The van der Waals surface area contributed by atoms with Crippen LogP contribution >= 0.6 is 0 Å². The highest BCUT2D eigenvalue weighted by atomic mass is 16.5. The molecule has 1 aliphatic carbocycles. The minimum atomic E-state index is 0.0166. The number of carbonyl (C=O) groups excluding carboxylic acids is 1. The highest BCUT2D eigenvalue weighted by Crippen LogP contribution is 2.48. The van der Waals surface area contributed by atoms with Crippen LogP contribution < -0.4 is 14.4 Å². The average molecular weight is 624 g/mol. The van der Waals surface area contributed by atoms with Crippen molar-refractivity contribution >= 4 is 22.8 Å². The topological polar surface area (TPSA) is 88.9 Å². The summed E-state index contributed by atoms with van der Waals surface area (Å²) in [5.74, 6) is 3.11. The normalized spacial score (nSPS) is 21.8. The third kappa shape index (κ3) is 5.68. The molecule has 10 heteroatoms. The van der Waals surface area contributed by atoms with Crippen molar-refractivity contribution in [1.82, 2.24) is 29.5 Å². The standard InChI is InChI=1S/C36H45N7O3/c1-4-45-29-8-6-7-26(21-29)24-43-34-31(23-39-43)33(37-25-38-34)41-17-19-42(20-18-41)35(44)27-11-14-36(15-12-27)32-10-9-30(46-5-2)22-28(32)13-16-40(36)3/h6-10,21-23,25,27H,4-5,11-20,24H2,1-3H3/t27-,36+. The second kappa shape index (κ2) is 12.9. The number of aromatic nitrogens is 4. The highest BCUT2D eigenvalue weighted by molar-refractivity contribution is 5.87. The number of piperazine rings is 1. The van der Waals surface area contributed by atoms with Gasteiger partial charge in [-0.25, -0.2) is 14.6 Å². The molecular weight excluding hydrogens is 578 g/mol. The van der Waals surface area contributed by atoms with Crippen LogP contribution in [-0.4, -0.2) is 88.4 Å². The third-order valence-electron chi connectivity index (χ3n) is 10.3. The molecule has 3 aliphatic rings. The van der Waals surface area contributed by atoms with Gasteiger partial charge in [-0.05, 0) is 94.0 Å². The molecule has 0 radical (unpaired) electrons. The van der Waals surface area contributed by atoms with Gasteiger partial charge in [-0.3, -0.25) is 9.69 Å². The Hall–Kier alpha value is -4.18. The number of amides is 1. The summed E-state index contributed by atoms with van der Waals surface area (Å²) in [7, 11) is 2.26. The number of benzene rings is 2. The smallest absolute Gasteiger partial charge is 0.225 e. The molecule has 1 saturated carbocycles. The van der Waals surface area contributed by atoms with Gasteiger partial charge >= 0.3 is 0 Å². The summed E-state index contributed by atoms with van der Waals surface area (Å²) in [5, 5.41) is 5.60. The van der Waals surface area contributed by atoms with Crippen LogP contribution in [0, 0.1) is 5.92 Å². The quantitative estimate of drug-likeness (QED) is 0.274. The molecule has 0 atom stereocenters. The van der Waals surface area contributed by atoms with Crippen LogP contribution in [0.2, 0.25) is 0 Å². The van der Waals surface area contributed by atoms with Crippen LogP contribution in [-0.2, 0) is 23.3 Å². The number of fused-ring (bicyclic) bond motifs is 3. The molecular formula is C36H45N7O3. The summed E-state index contributed by atoms with van der Waals surface area (Å²) in [6.07, 6.45) is 8.41. The zero-order valence-electron chi connectivity index (χ0n) is 27.3. The number of ether oxygens (including phenoxy) is 2. The first-order valence-corrected chi connectivity index (χ1v) is 16.9. The molecule has 2 aromatic carbocycles. The Morgan fingerprint density at radius 1 is 0.935 bits per heavy atom. The van der Waals surface area contributed by atoms with Gasteiger partial charge < -0.3 is 19.3 Å². The van der Waals surface area contributed by atoms with Crippen LogP contribution in [0.1, 0.15) is 56.2 Å². The van der Waals surface area contributed by atoms with E-state index in [1.165, 1.54) is 11.1 Å². The Labute approximate surface area is 271 Å². The minimum Gasteiger partial charge on any atom is -0.494 e. The fourth-order valence-electron chi connectivity index (χ4n) is 7.91. The second-order valence-corrected chi connectivity index (χ2v) is 12.9. The molecule has 46 heavy (non-hydrogen) atoms. The average Bonchev–Trinajstić information content (AvgIpc) is 3.50. The summed E-state index contributed by atoms with van der Waals surface area (Å²) in [6, 6.07) is 14.7. The molecule has 7 rings (SSSR count). The lowest BCUT2D eigenvalue weighted by Gasteiger charge is -2.50.